The van der Waals surface area contributed by atoms with Crippen molar-refractivity contribution in [3.63, 3.8) is 0 Å². The van der Waals surface area contributed by atoms with Gasteiger partial charge in [0.1, 0.15) is 0 Å². The second kappa shape index (κ2) is 4.80. The standard InChI is InChI=1S/C18H14NS/c1-2-7-16(8-3-1)19-12-15-11-10-14-6-4-5-9-17(14)18(15)20-13-19/h1-12H,13H2/q+1. The number of fused-ring (bicyclic) bond motifs is 3. The van der Waals surface area contributed by atoms with Crippen LogP contribution in [0.1, 0.15) is 5.56 Å². The molecule has 0 unspecified atom stereocenters. The van der Waals surface area contributed by atoms with E-state index in [1.165, 1.54) is 26.9 Å². The summed E-state index contributed by atoms with van der Waals surface area (Å²) in [7, 11) is 0. The molecule has 1 nitrogen and oxygen atoms in total. The van der Waals surface area contributed by atoms with Gasteiger partial charge in [-0.1, -0.05) is 60.3 Å². The molecule has 4 rings (SSSR count). The van der Waals surface area contributed by atoms with E-state index in [9.17, 15) is 0 Å². The predicted octanol–water partition coefficient (Wildman–Crippen LogP) is 4.67. The maximum absolute atomic E-state index is 2.31. The van der Waals surface area contributed by atoms with Crippen molar-refractivity contribution in [3.8, 4) is 0 Å². The number of nitrogens with zero attached hydrogens (tertiary/aromatic N) is 1. The molecule has 20 heavy (non-hydrogen) atoms. The zero-order valence-corrected chi connectivity index (χ0v) is 11.8. The molecule has 0 aliphatic carbocycles. The summed E-state index contributed by atoms with van der Waals surface area (Å²) in [6, 6.07) is 23.6. The van der Waals surface area contributed by atoms with Crippen LogP contribution < -0.4 is 0 Å². The molecule has 0 atom stereocenters. The lowest BCUT2D eigenvalue weighted by molar-refractivity contribution is -0.411. The Kier molecular flexibility index (Phi) is 2.82. The van der Waals surface area contributed by atoms with E-state index in [2.05, 4.69) is 77.5 Å². The molecule has 1 aliphatic heterocycles. The van der Waals surface area contributed by atoms with Crippen molar-refractivity contribution in [2.75, 3.05) is 5.88 Å². The summed E-state index contributed by atoms with van der Waals surface area (Å²) in [5, 5.41) is 2.68. The smallest absolute Gasteiger partial charge is 0.188 e. The summed E-state index contributed by atoms with van der Waals surface area (Å²) < 4.78 is 2.31. The first-order valence-electron chi connectivity index (χ1n) is 6.73. The zero-order chi connectivity index (χ0) is 13.4. The Morgan fingerprint density at radius 1 is 0.800 bits per heavy atom. The van der Waals surface area contributed by atoms with Gasteiger partial charge in [0.2, 0.25) is 5.69 Å². The van der Waals surface area contributed by atoms with Gasteiger partial charge in [-0.3, -0.25) is 0 Å². The van der Waals surface area contributed by atoms with Crippen molar-refractivity contribution in [1.82, 2.24) is 0 Å². The molecular formula is C18H14NS+. The molecule has 3 aromatic rings. The summed E-state index contributed by atoms with van der Waals surface area (Å²) >= 11 is 1.92. The van der Waals surface area contributed by atoms with Gasteiger partial charge >= 0.3 is 0 Å². The minimum Gasteiger partial charge on any atom is -0.188 e. The van der Waals surface area contributed by atoms with E-state index >= 15 is 0 Å². The summed E-state index contributed by atoms with van der Waals surface area (Å²) in [6.07, 6.45) is 2.26. The minimum atomic E-state index is 0.963. The molecule has 0 radical (unpaired) electrons. The van der Waals surface area contributed by atoms with Gasteiger partial charge in [0.15, 0.2) is 12.1 Å². The molecular weight excluding hydrogens is 262 g/mol. The molecule has 0 N–H and O–H groups in total. The van der Waals surface area contributed by atoms with Gasteiger partial charge in [-0.25, -0.2) is 0 Å². The molecule has 0 bridgehead atoms. The Morgan fingerprint density at radius 3 is 2.50 bits per heavy atom. The van der Waals surface area contributed by atoms with E-state index in [-0.39, 0.29) is 0 Å². The molecule has 0 aromatic heterocycles. The van der Waals surface area contributed by atoms with E-state index in [0.29, 0.717) is 0 Å². The number of hydrogen-bond acceptors (Lipinski definition) is 1. The number of para-hydroxylation sites is 1. The number of benzene rings is 3. The molecule has 2 heteroatoms. The normalized spacial score (nSPS) is 13.9. The van der Waals surface area contributed by atoms with Gasteiger partial charge in [0.05, 0.1) is 5.56 Å². The predicted molar refractivity (Wildman–Crippen MR) is 86.2 cm³/mol. The van der Waals surface area contributed by atoms with E-state index in [1.807, 2.05) is 11.8 Å². The van der Waals surface area contributed by atoms with Crippen molar-refractivity contribution in [3.05, 3.63) is 72.3 Å². The highest BCUT2D eigenvalue weighted by atomic mass is 32.2. The van der Waals surface area contributed by atoms with Crippen molar-refractivity contribution < 1.29 is 4.58 Å². The van der Waals surface area contributed by atoms with Gasteiger partial charge in [-0.05, 0) is 16.8 Å². The van der Waals surface area contributed by atoms with E-state index in [1.54, 1.807) is 0 Å². The Hall–Kier alpha value is -2.06. The maximum Gasteiger partial charge on any atom is 0.205 e. The average molecular weight is 276 g/mol. The SMILES string of the molecule is C1=[N+](c2ccccc2)CSc2c1ccc1ccccc21. The molecule has 0 spiro atoms. The lowest BCUT2D eigenvalue weighted by Gasteiger charge is -2.13. The third kappa shape index (κ3) is 1.93. The molecule has 3 aromatic carbocycles. The Labute approximate surface area is 122 Å². The summed E-state index contributed by atoms with van der Waals surface area (Å²) in [6.45, 7) is 0. The van der Waals surface area contributed by atoms with Gasteiger partial charge in [0.25, 0.3) is 0 Å². The van der Waals surface area contributed by atoms with Crippen LogP contribution in [0.4, 0.5) is 5.69 Å². The van der Waals surface area contributed by atoms with Crippen LogP contribution in [0.3, 0.4) is 0 Å². The molecule has 96 valence electrons. The second-order valence-corrected chi connectivity index (χ2v) is 5.87. The van der Waals surface area contributed by atoms with Crippen LogP contribution >= 0.6 is 11.8 Å². The largest absolute Gasteiger partial charge is 0.205 e. The third-order valence-electron chi connectivity index (χ3n) is 3.64. The van der Waals surface area contributed by atoms with Crippen LogP contribution in [-0.2, 0) is 0 Å². The monoisotopic (exact) mass is 276 g/mol. The highest BCUT2D eigenvalue weighted by Gasteiger charge is 2.19. The van der Waals surface area contributed by atoms with Gasteiger partial charge in [0, 0.05) is 17.0 Å². The second-order valence-electron chi connectivity index (χ2n) is 4.91. The Balaban J connectivity index is 1.88. The molecule has 1 aliphatic rings. The van der Waals surface area contributed by atoms with Gasteiger partial charge < -0.3 is 0 Å². The van der Waals surface area contributed by atoms with E-state index in [4.69, 9.17) is 0 Å². The third-order valence-corrected chi connectivity index (χ3v) is 4.79. The molecule has 0 fully saturated rings. The molecule has 0 saturated heterocycles. The maximum atomic E-state index is 2.31. The lowest BCUT2D eigenvalue weighted by atomic mass is 10.1. The first-order valence-corrected chi connectivity index (χ1v) is 7.71. The van der Waals surface area contributed by atoms with Crippen molar-refractivity contribution in [2.45, 2.75) is 4.90 Å². The summed E-state index contributed by atoms with van der Waals surface area (Å²) in [4.78, 5) is 1.40. The van der Waals surface area contributed by atoms with Crippen LogP contribution in [-0.4, -0.2) is 16.7 Å². The molecule has 0 saturated carbocycles. The van der Waals surface area contributed by atoms with Gasteiger partial charge in [-0.15, -0.1) is 0 Å². The lowest BCUT2D eigenvalue weighted by Crippen LogP contribution is -2.12. The van der Waals surface area contributed by atoms with Crippen LogP contribution in [0.2, 0.25) is 0 Å². The highest BCUT2D eigenvalue weighted by Crippen LogP contribution is 2.34. The quantitative estimate of drug-likeness (QED) is 0.584. The number of rotatable bonds is 1. The average Bonchev–Trinajstić information content (AvgIpc) is 2.55. The van der Waals surface area contributed by atoms with Crippen LogP contribution in [0.25, 0.3) is 10.8 Å². The minimum absolute atomic E-state index is 0.963. The fraction of sp³-hybridized carbons (Fsp3) is 0.0556. The summed E-state index contributed by atoms with van der Waals surface area (Å²) in [5.74, 6) is 0.963. The van der Waals surface area contributed by atoms with Gasteiger partial charge in [-0.2, -0.15) is 4.58 Å². The molecule has 1 heterocycles. The number of thioether (sulfide) groups is 1. The molecule has 0 amide bonds. The van der Waals surface area contributed by atoms with Crippen LogP contribution in [0.15, 0.2) is 71.6 Å². The summed E-state index contributed by atoms with van der Waals surface area (Å²) in [5.41, 5.74) is 2.56. The van der Waals surface area contributed by atoms with Crippen LogP contribution in [0, 0.1) is 0 Å². The topological polar surface area (TPSA) is 3.01 Å². The zero-order valence-electron chi connectivity index (χ0n) is 11.0. The van der Waals surface area contributed by atoms with Crippen molar-refractivity contribution in [2.24, 2.45) is 0 Å². The fourth-order valence-corrected chi connectivity index (χ4v) is 3.75. The number of hydrogen-bond donors (Lipinski definition) is 0. The first-order chi connectivity index (χ1) is 9.92. The Bertz CT molecular complexity index is 806. The van der Waals surface area contributed by atoms with E-state index < -0.39 is 0 Å². The fourth-order valence-electron chi connectivity index (χ4n) is 2.63. The van der Waals surface area contributed by atoms with Crippen LogP contribution in [0.5, 0.6) is 0 Å². The van der Waals surface area contributed by atoms with Crippen molar-refractivity contribution in [1.29, 1.82) is 0 Å². The van der Waals surface area contributed by atoms with Crippen molar-refractivity contribution >= 4 is 34.4 Å². The highest BCUT2D eigenvalue weighted by molar-refractivity contribution is 7.99. The first kappa shape index (κ1) is 11.7. The Morgan fingerprint density at radius 2 is 1.60 bits per heavy atom. The van der Waals surface area contributed by atoms with E-state index in [0.717, 1.165) is 5.88 Å².